The smallest absolute Gasteiger partial charge is 0.238 e. The van der Waals surface area contributed by atoms with Crippen LogP contribution < -0.4 is 10.6 Å². The fourth-order valence-electron chi connectivity index (χ4n) is 2.37. The molecule has 0 bridgehead atoms. The van der Waals surface area contributed by atoms with Crippen molar-refractivity contribution < 1.29 is 9.59 Å². The number of benzene rings is 2. The molecule has 26 heavy (non-hydrogen) atoms. The van der Waals surface area contributed by atoms with Crippen molar-refractivity contribution in [2.45, 2.75) is 13.3 Å². The fourth-order valence-corrected chi connectivity index (χ4v) is 2.86. The van der Waals surface area contributed by atoms with Crippen LogP contribution in [0.5, 0.6) is 0 Å². The molecule has 0 saturated carbocycles. The lowest BCUT2D eigenvalue weighted by molar-refractivity contribution is -0.119. The fraction of sp³-hybridized carbons (Fsp3) is 0.263. The Bertz CT molecular complexity index is 759. The number of nitrogens with one attached hydrogen (secondary N) is 2. The number of carbonyl (C=O) groups is 2. The van der Waals surface area contributed by atoms with Gasteiger partial charge in [-0.25, -0.2) is 0 Å². The van der Waals surface area contributed by atoms with E-state index in [4.69, 9.17) is 23.2 Å². The van der Waals surface area contributed by atoms with Crippen LogP contribution >= 0.6 is 23.2 Å². The highest BCUT2D eigenvalue weighted by Crippen LogP contribution is 2.29. The molecule has 5 nitrogen and oxygen atoms in total. The summed E-state index contributed by atoms with van der Waals surface area (Å²) in [5.74, 6) is -0.497. The average Bonchev–Trinajstić information content (AvgIpc) is 2.58. The number of anilines is 2. The predicted octanol–water partition coefficient (Wildman–Crippen LogP) is 4.06. The molecule has 0 heterocycles. The maximum Gasteiger partial charge on any atom is 0.238 e. The zero-order chi connectivity index (χ0) is 19.1. The van der Waals surface area contributed by atoms with Gasteiger partial charge in [-0.1, -0.05) is 48.3 Å². The first-order chi connectivity index (χ1) is 12.4. The molecule has 0 aliphatic carbocycles. The van der Waals surface area contributed by atoms with E-state index >= 15 is 0 Å². The van der Waals surface area contributed by atoms with E-state index < -0.39 is 0 Å². The highest BCUT2D eigenvalue weighted by Gasteiger charge is 2.14. The summed E-state index contributed by atoms with van der Waals surface area (Å²) in [5.41, 5.74) is 2.30. The summed E-state index contributed by atoms with van der Waals surface area (Å²) in [4.78, 5) is 25.8. The Morgan fingerprint density at radius 1 is 0.923 bits per heavy atom. The number of amides is 2. The van der Waals surface area contributed by atoms with Gasteiger partial charge >= 0.3 is 0 Å². The van der Waals surface area contributed by atoms with Crippen LogP contribution in [0.1, 0.15) is 12.5 Å². The molecule has 0 aromatic heterocycles. The van der Waals surface area contributed by atoms with Gasteiger partial charge in [-0.15, -0.1) is 0 Å². The van der Waals surface area contributed by atoms with Crippen LogP contribution in [0.15, 0.2) is 42.5 Å². The number of hydrogen-bond donors (Lipinski definition) is 2. The summed E-state index contributed by atoms with van der Waals surface area (Å²) >= 11 is 12.1. The summed E-state index contributed by atoms with van der Waals surface area (Å²) in [6, 6.07) is 12.7. The van der Waals surface area contributed by atoms with Crippen molar-refractivity contribution in [2.75, 3.05) is 30.8 Å². The molecule has 0 radical (unpaired) electrons. The monoisotopic (exact) mass is 393 g/mol. The first-order valence-corrected chi connectivity index (χ1v) is 8.95. The minimum Gasteiger partial charge on any atom is -0.325 e. The number of para-hydroxylation sites is 1. The number of nitrogens with zero attached hydrogens (tertiary/aromatic N) is 1. The van der Waals surface area contributed by atoms with Crippen LogP contribution in [-0.4, -0.2) is 36.9 Å². The van der Waals surface area contributed by atoms with Crippen molar-refractivity contribution in [3.05, 3.63) is 58.1 Å². The van der Waals surface area contributed by atoms with E-state index in [9.17, 15) is 9.59 Å². The van der Waals surface area contributed by atoms with Gasteiger partial charge in [0.05, 0.1) is 28.8 Å². The van der Waals surface area contributed by atoms with Crippen LogP contribution in [0.4, 0.5) is 11.4 Å². The third kappa shape index (κ3) is 6.02. The number of hydrogen-bond acceptors (Lipinski definition) is 3. The van der Waals surface area contributed by atoms with E-state index in [0.29, 0.717) is 15.7 Å². The Morgan fingerprint density at radius 3 is 2.00 bits per heavy atom. The number of rotatable bonds is 7. The quantitative estimate of drug-likeness (QED) is 0.745. The van der Waals surface area contributed by atoms with E-state index in [1.54, 1.807) is 30.1 Å². The summed E-state index contributed by atoms with van der Waals surface area (Å²) < 4.78 is 0. The summed E-state index contributed by atoms with van der Waals surface area (Å²) in [6.45, 7) is 2.19. The molecule has 0 saturated heterocycles. The van der Waals surface area contributed by atoms with Crippen LogP contribution in [0, 0.1) is 0 Å². The summed E-state index contributed by atoms with van der Waals surface area (Å²) in [7, 11) is 1.69. The topological polar surface area (TPSA) is 61.4 Å². The van der Waals surface area contributed by atoms with Gasteiger partial charge in [-0.3, -0.25) is 14.5 Å². The van der Waals surface area contributed by atoms with E-state index in [1.165, 1.54) is 5.56 Å². The van der Waals surface area contributed by atoms with E-state index in [1.807, 2.05) is 24.3 Å². The maximum absolute atomic E-state index is 12.1. The van der Waals surface area contributed by atoms with Crippen molar-refractivity contribution >= 4 is 46.4 Å². The molecule has 2 amide bonds. The molecule has 0 aliphatic heterocycles. The number of aryl methyl sites for hydroxylation is 1. The van der Waals surface area contributed by atoms with Gasteiger partial charge in [0, 0.05) is 5.69 Å². The van der Waals surface area contributed by atoms with Gasteiger partial charge in [0.25, 0.3) is 0 Å². The number of halogens is 2. The first kappa shape index (κ1) is 20.2. The van der Waals surface area contributed by atoms with E-state index in [0.717, 1.165) is 12.1 Å². The normalized spacial score (nSPS) is 10.7. The third-order valence-corrected chi connectivity index (χ3v) is 4.33. The van der Waals surface area contributed by atoms with Gasteiger partial charge in [-0.2, -0.15) is 0 Å². The Kier molecular flexibility index (Phi) is 7.45. The second-order valence-corrected chi connectivity index (χ2v) is 6.73. The molecule has 0 aliphatic rings. The Hall–Kier alpha value is -2.08. The standard InChI is InChI=1S/C19H21Cl2N3O2/c1-3-13-7-9-14(10-8-13)22-17(25)11-24(2)12-18(26)23-19-15(20)5-4-6-16(19)21/h4-10H,3,11-12H2,1-2H3,(H,22,25)(H,23,26). The lowest BCUT2D eigenvalue weighted by atomic mass is 10.1. The van der Waals surface area contributed by atoms with E-state index in [-0.39, 0.29) is 24.9 Å². The van der Waals surface area contributed by atoms with Crippen LogP contribution in [0.25, 0.3) is 0 Å². The van der Waals surface area contributed by atoms with Crippen molar-refractivity contribution in [2.24, 2.45) is 0 Å². The highest BCUT2D eigenvalue weighted by atomic mass is 35.5. The minimum absolute atomic E-state index is 0.0315. The summed E-state index contributed by atoms with van der Waals surface area (Å²) in [6.07, 6.45) is 0.946. The van der Waals surface area contributed by atoms with Crippen LogP contribution in [0.3, 0.4) is 0 Å². The van der Waals surface area contributed by atoms with Gasteiger partial charge in [0.2, 0.25) is 11.8 Å². The van der Waals surface area contributed by atoms with Gasteiger partial charge in [0.15, 0.2) is 0 Å². The molecule has 0 unspecified atom stereocenters. The largest absolute Gasteiger partial charge is 0.325 e. The summed E-state index contributed by atoms with van der Waals surface area (Å²) in [5, 5.41) is 6.21. The lowest BCUT2D eigenvalue weighted by Gasteiger charge is -2.17. The maximum atomic E-state index is 12.1. The van der Waals surface area contributed by atoms with Crippen molar-refractivity contribution in [3.63, 3.8) is 0 Å². The van der Waals surface area contributed by atoms with Gasteiger partial charge < -0.3 is 10.6 Å². The van der Waals surface area contributed by atoms with Crippen molar-refractivity contribution in [1.82, 2.24) is 4.90 Å². The molecule has 0 fully saturated rings. The molecule has 138 valence electrons. The molecule has 7 heteroatoms. The average molecular weight is 394 g/mol. The molecular weight excluding hydrogens is 373 g/mol. The zero-order valence-corrected chi connectivity index (χ0v) is 16.2. The molecule has 2 aromatic rings. The third-order valence-electron chi connectivity index (χ3n) is 3.70. The predicted molar refractivity (Wildman–Crippen MR) is 107 cm³/mol. The Labute approximate surface area is 163 Å². The first-order valence-electron chi connectivity index (χ1n) is 8.20. The van der Waals surface area contributed by atoms with Crippen molar-refractivity contribution in [1.29, 1.82) is 0 Å². The van der Waals surface area contributed by atoms with Crippen LogP contribution in [-0.2, 0) is 16.0 Å². The second kappa shape index (κ2) is 9.57. The zero-order valence-electron chi connectivity index (χ0n) is 14.7. The lowest BCUT2D eigenvalue weighted by Crippen LogP contribution is -2.36. The minimum atomic E-state index is -0.303. The number of carbonyl (C=O) groups excluding carboxylic acids is 2. The molecular formula is C19H21Cl2N3O2. The molecule has 0 spiro atoms. The van der Waals surface area contributed by atoms with Crippen molar-refractivity contribution in [3.8, 4) is 0 Å². The molecule has 2 aromatic carbocycles. The van der Waals surface area contributed by atoms with Crippen LogP contribution in [0.2, 0.25) is 10.0 Å². The highest BCUT2D eigenvalue weighted by molar-refractivity contribution is 6.39. The van der Waals surface area contributed by atoms with Gasteiger partial charge in [0.1, 0.15) is 0 Å². The van der Waals surface area contributed by atoms with Gasteiger partial charge in [-0.05, 0) is 43.3 Å². The Balaban J connectivity index is 1.84. The van der Waals surface area contributed by atoms with E-state index in [2.05, 4.69) is 17.6 Å². The molecule has 2 N–H and O–H groups in total. The molecule has 2 rings (SSSR count). The second-order valence-electron chi connectivity index (χ2n) is 5.92. The molecule has 0 atom stereocenters. The number of likely N-dealkylation sites (N-methyl/N-ethyl adjacent to an activating group) is 1. The SMILES string of the molecule is CCc1ccc(NC(=O)CN(C)CC(=O)Nc2c(Cl)cccc2Cl)cc1. The Morgan fingerprint density at radius 2 is 1.46 bits per heavy atom.